The molecule has 1 aliphatic heterocycles. The van der Waals surface area contributed by atoms with E-state index >= 15 is 0 Å². The van der Waals surface area contributed by atoms with E-state index < -0.39 is 61.0 Å². The summed E-state index contributed by atoms with van der Waals surface area (Å²) in [6.07, 6.45) is 14.4. The van der Waals surface area contributed by atoms with E-state index in [1.54, 1.807) is 0 Å². The van der Waals surface area contributed by atoms with Crippen LogP contribution < -0.4 is 22.9 Å². The second-order valence-corrected chi connectivity index (χ2v) is 12.1. The van der Waals surface area contributed by atoms with Crippen molar-refractivity contribution in [1.82, 2.24) is 0 Å². The van der Waals surface area contributed by atoms with E-state index in [0.717, 1.165) is 12.8 Å². The van der Waals surface area contributed by atoms with Crippen LogP contribution in [0.4, 0.5) is 0 Å². The van der Waals surface area contributed by atoms with Crippen LogP contribution in [0.1, 0.15) is 116 Å². The summed E-state index contributed by atoms with van der Waals surface area (Å²) in [6.45, 7) is 2.87. The first-order valence-electron chi connectivity index (χ1n) is 16.2. The highest BCUT2D eigenvalue weighted by molar-refractivity contribution is 4.99. The maximum atomic E-state index is 10.9. The summed E-state index contributed by atoms with van der Waals surface area (Å²) in [6, 6.07) is -2.18. The molecule has 1 heterocycles. The van der Waals surface area contributed by atoms with Crippen LogP contribution in [-0.2, 0) is 14.2 Å². The minimum atomic E-state index is -1.29. The molecule has 0 aromatic rings. The van der Waals surface area contributed by atoms with Gasteiger partial charge in [0, 0.05) is 25.2 Å². The average Bonchev–Trinajstić information content (AvgIpc) is 2.94. The summed E-state index contributed by atoms with van der Waals surface area (Å²) in [5.41, 5.74) is 24.1. The van der Waals surface area contributed by atoms with E-state index in [1.165, 1.54) is 89.9 Å². The van der Waals surface area contributed by atoms with E-state index in [-0.39, 0.29) is 13.0 Å². The zero-order valence-electron chi connectivity index (χ0n) is 25.1. The maximum Gasteiger partial charge on any atom is 0.176 e. The summed E-state index contributed by atoms with van der Waals surface area (Å²) in [5, 5.41) is 31.4. The number of ether oxygens (including phenoxy) is 3. The van der Waals surface area contributed by atoms with Crippen molar-refractivity contribution >= 4 is 0 Å². The molecule has 10 heteroatoms. The van der Waals surface area contributed by atoms with Gasteiger partial charge in [0.1, 0.15) is 30.5 Å². The molecule has 0 radical (unpaired) electrons. The molecule has 0 bridgehead atoms. The molecule has 2 fully saturated rings. The van der Waals surface area contributed by atoms with Crippen molar-refractivity contribution in [2.24, 2.45) is 22.9 Å². The Morgan fingerprint density at radius 1 is 0.650 bits per heavy atom. The lowest BCUT2D eigenvalue weighted by Crippen LogP contribution is -2.67. The van der Waals surface area contributed by atoms with Gasteiger partial charge in [-0.1, -0.05) is 103 Å². The molecule has 10 atom stereocenters. The molecule has 238 valence electrons. The Hall–Kier alpha value is -0.400. The van der Waals surface area contributed by atoms with Crippen molar-refractivity contribution < 1.29 is 29.5 Å². The molecule has 2 aliphatic rings. The number of aliphatic hydroxyl groups is 3. The van der Waals surface area contributed by atoms with Gasteiger partial charge in [-0.15, -0.1) is 0 Å². The molecular weight excluding hydrogens is 512 g/mol. The normalized spacial score (nSPS) is 34.8. The average molecular weight is 575 g/mol. The first kappa shape index (κ1) is 35.8. The van der Waals surface area contributed by atoms with Crippen molar-refractivity contribution in [3.05, 3.63) is 0 Å². The van der Waals surface area contributed by atoms with Crippen LogP contribution in [-0.4, -0.2) is 89.5 Å². The predicted octanol–water partition coefficient (Wildman–Crippen LogP) is 2.17. The molecule has 0 aromatic heterocycles. The quantitative estimate of drug-likeness (QED) is 0.0999. The van der Waals surface area contributed by atoms with Crippen LogP contribution in [0.2, 0.25) is 0 Å². The van der Waals surface area contributed by atoms with Gasteiger partial charge < -0.3 is 52.5 Å². The summed E-state index contributed by atoms with van der Waals surface area (Å²) in [5.74, 6) is 0. The summed E-state index contributed by atoms with van der Waals surface area (Å²) < 4.78 is 17.8. The number of rotatable bonds is 21. The number of nitrogens with two attached hydrogens (primary N) is 4. The molecule has 10 nitrogen and oxygen atoms in total. The van der Waals surface area contributed by atoms with E-state index in [9.17, 15) is 15.3 Å². The van der Waals surface area contributed by atoms with E-state index in [4.69, 9.17) is 37.1 Å². The Balaban J connectivity index is 1.55. The van der Waals surface area contributed by atoms with Gasteiger partial charge in [-0.25, -0.2) is 0 Å². The summed E-state index contributed by atoms with van der Waals surface area (Å²) in [4.78, 5) is 0. The number of hydrogen-bond donors (Lipinski definition) is 7. The Labute approximate surface area is 242 Å². The van der Waals surface area contributed by atoms with Gasteiger partial charge in [0.25, 0.3) is 0 Å². The topological polar surface area (TPSA) is 192 Å². The lowest BCUT2D eigenvalue weighted by atomic mass is 9.84. The molecule has 40 heavy (non-hydrogen) atoms. The Morgan fingerprint density at radius 2 is 1.15 bits per heavy atom. The van der Waals surface area contributed by atoms with Crippen LogP contribution in [0, 0.1) is 0 Å². The standard InChI is InChI=1S/C30H62N4O6/c1-2-3-4-5-6-7-8-9-10-11-12-13-14-15-16-17-18-38-29-23(20-31)39-30(24(34)26(29)36)40-28-22(33)19-21(32)25(35)27(28)37/h21-30,35-37H,2-20,31-34H2,1H3/t21?,22?,23-,24-,25?,26-,27?,28?,29-,30-/m1/s1. The molecule has 0 aromatic carbocycles. The van der Waals surface area contributed by atoms with Crippen molar-refractivity contribution in [2.45, 2.75) is 177 Å². The van der Waals surface area contributed by atoms with Crippen LogP contribution in [0.15, 0.2) is 0 Å². The van der Waals surface area contributed by atoms with Crippen LogP contribution in [0.3, 0.4) is 0 Å². The predicted molar refractivity (Wildman–Crippen MR) is 158 cm³/mol. The van der Waals surface area contributed by atoms with Crippen molar-refractivity contribution in [3.63, 3.8) is 0 Å². The second kappa shape index (κ2) is 20.5. The number of aliphatic hydroxyl groups excluding tert-OH is 3. The smallest absolute Gasteiger partial charge is 0.176 e. The molecule has 0 amide bonds. The molecule has 2 rings (SSSR count). The molecule has 1 saturated carbocycles. The lowest BCUT2D eigenvalue weighted by Gasteiger charge is -2.46. The second-order valence-electron chi connectivity index (χ2n) is 12.1. The lowest BCUT2D eigenvalue weighted by molar-refractivity contribution is -0.293. The van der Waals surface area contributed by atoms with Gasteiger partial charge in [0.2, 0.25) is 0 Å². The minimum Gasteiger partial charge on any atom is -0.389 e. The van der Waals surface area contributed by atoms with Crippen molar-refractivity contribution in [2.75, 3.05) is 13.2 Å². The maximum absolute atomic E-state index is 10.9. The van der Waals surface area contributed by atoms with Crippen LogP contribution >= 0.6 is 0 Å². The Kier molecular flexibility index (Phi) is 18.3. The van der Waals surface area contributed by atoms with Gasteiger partial charge in [0.15, 0.2) is 6.29 Å². The zero-order valence-corrected chi connectivity index (χ0v) is 25.1. The largest absolute Gasteiger partial charge is 0.389 e. The monoisotopic (exact) mass is 574 g/mol. The van der Waals surface area contributed by atoms with Gasteiger partial charge >= 0.3 is 0 Å². The van der Waals surface area contributed by atoms with Crippen LogP contribution in [0.5, 0.6) is 0 Å². The zero-order chi connectivity index (χ0) is 29.3. The molecule has 1 saturated heterocycles. The third-order valence-corrected chi connectivity index (χ3v) is 8.64. The van der Waals surface area contributed by atoms with Gasteiger partial charge in [-0.2, -0.15) is 0 Å². The highest BCUT2D eigenvalue weighted by Gasteiger charge is 2.48. The molecule has 0 spiro atoms. The summed E-state index contributed by atoms with van der Waals surface area (Å²) in [7, 11) is 0. The van der Waals surface area contributed by atoms with Crippen LogP contribution in [0.25, 0.3) is 0 Å². The molecule has 5 unspecified atom stereocenters. The van der Waals surface area contributed by atoms with Crippen molar-refractivity contribution in [1.29, 1.82) is 0 Å². The Morgan fingerprint density at radius 3 is 1.65 bits per heavy atom. The molecular formula is C30H62N4O6. The van der Waals surface area contributed by atoms with E-state index in [2.05, 4.69) is 6.92 Å². The Bertz CT molecular complexity index is 633. The highest BCUT2D eigenvalue weighted by Crippen LogP contribution is 2.28. The third kappa shape index (κ3) is 12.1. The summed E-state index contributed by atoms with van der Waals surface area (Å²) >= 11 is 0. The highest BCUT2D eigenvalue weighted by atomic mass is 16.7. The number of unbranched alkanes of at least 4 members (excludes halogenated alkanes) is 15. The first-order valence-corrected chi connectivity index (χ1v) is 16.2. The molecule has 11 N–H and O–H groups in total. The fourth-order valence-corrected chi connectivity index (χ4v) is 5.95. The van der Waals surface area contributed by atoms with Gasteiger partial charge in [-0.05, 0) is 12.8 Å². The minimum absolute atomic E-state index is 0.111. The SMILES string of the molecule is CCCCCCCCCCCCCCCCCCO[C@H]1[C@H](O)[C@@H](N)[C@@H](OC2C(N)CC(N)C(O)C2O)O[C@@H]1CN. The first-order chi connectivity index (χ1) is 19.3. The van der Waals surface area contributed by atoms with Gasteiger partial charge in [0.05, 0.1) is 12.1 Å². The van der Waals surface area contributed by atoms with E-state index in [0.29, 0.717) is 6.61 Å². The fraction of sp³-hybridized carbons (Fsp3) is 1.00. The molecule has 1 aliphatic carbocycles. The third-order valence-electron chi connectivity index (χ3n) is 8.64. The number of hydrogen-bond acceptors (Lipinski definition) is 10. The van der Waals surface area contributed by atoms with Crippen molar-refractivity contribution in [3.8, 4) is 0 Å². The fourth-order valence-electron chi connectivity index (χ4n) is 5.95. The van der Waals surface area contributed by atoms with E-state index in [1.807, 2.05) is 0 Å². The van der Waals surface area contributed by atoms with Gasteiger partial charge in [-0.3, -0.25) is 0 Å².